The van der Waals surface area contributed by atoms with Crippen LogP contribution in [0.1, 0.15) is 34.0 Å². The van der Waals surface area contributed by atoms with Gasteiger partial charge >= 0.3 is 0 Å². The predicted molar refractivity (Wildman–Crippen MR) is 128 cm³/mol. The van der Waals surface area contributed by atoms with E-state index in [1.54, 1.807) is 35.9 Å². The molecule has 1 unspecified atom stereocenters. The Balaban J connectivity index is 1.59. The fourth-order valence-corrected chi connectivity index (χ4v) is 4.14. The zero-order valence-electron chi connectivity index (χ0n) is 17.2. The molecule has 1 heterocycles. The van der Waals surface area contributed by atoms with Gasteiger partial charge in [0.05, 0.1) is 6.10 Å². The Morgan fingerprint density at radius 1 is 1.06 bits per heavy atom. The van der Waals surface area contributed by atoms with Crippen LogP contribution in [0.3, 0.4) is 0 Å². The summed E-state index contributed by atoms with van der Waals surface area (Å²) < 4.78 is 0. The summed E-state index contributed by atoms with van der Waals surface area (Å²) in [5.41, 5.74) is 4.76. The molecule has 3 aromatic carbocycles. The van der Waals surface area contributed by atoms with Gasteiger partial charge in [0.15, 0.2) is 5.13 Å². The van der Waals surface area contributed by atoms with Crippen LogP contribution in [0, 0.1) is 0 Å². The third-order valence-corrected chi connectivity index (χ3v) is 5.91. The number of rotatable bonds is 8. The van der Waals surface area contributed by atoms with Crippen molar-refractivity contribution in [3.8, 4) is 0 Å². The van der Waals surface area contributed by atoms with Gasteiger partial charge < -0.3 is 10.4 Å². The summed E-state index contributed by atoms with van der Waals surface area (Å²) in [6.45, 7) is 0.522. The minimum Gasteiger partial charge on any atom is -0.388 e. The van der Waals surface area contributed by atoms with Gasteiger partial charge in [-0.25, -0.2) is 10.5 Å². The Kier molecular flexibility index (Phi) is 6.91. The fraction of sp³-hybridized carbons (Fsp3) is 0.120. The molecule has 162 valence electrons. The van der Waals surface area contributed by atoms with Gasteiger partial charge in [-0.3, -0.25) is 10.0 Å². The summed E-state index contributed by atoms with van der Waals surface area (Å²) in [6.07, 6.45) is 3.50. The van der Waals surface area contributed by atoms with E-state index in [2.05, 4.69) is 10.3 Å². The van der Waals surface area contributed by atoms with E-state index in [0.717, 1.165) is 32.6 Å². The summed E-state index contributed by atoms with van der Waals surface area (Å²) in [7, 11) is 0. The van der Waals surface area contributed by atoms with Gasteiger partial charge in [-0.05, 0) is 39.6 Å². The topological polar surface area (TPSA) is 94.5 Å². The highest BCUT2D eigenvalue weighted by atomic mass is 32.1. The fourth-order valence-electron chi connectivity index (χ4n) is 3.61. The van der Waals surface area contributed by atoms with Crippen LogP contribution in [0.25, 0.3) is 16.8 Å². The zero-order chi connectivity index (χ0) is 22.3. The molecule has 0 aliphatic rings. The minimum atomic E-state index is -0.676. The maximum absolute atomic E-state index is 11.6. The average molecular weight is 446 g/mol. The SMILES string of the molecule is O=C(NO)c1ccc(C=C(CNc2nccs2)CC(O)c2cccc3ccccc23)cc1. The number of thiazole rings is 1. The van der Waals surface area contributed by atoms with Crippen molar-refractivity contribution >= 4 is 39.2 Å². The number of benzene rings is 3. The Labute approximate surface area is 189 Å². The molecule has 1 atom stereocenters. The quantitative estimate of drug-likeness (QED) is 0.225. The molecule has 32 heavy (non-hydrogen) atoms. The second-order valence-corrected chi connectivity index (χ2v) is 8.24. The van der Waals surface area contributed by atoms with E-state index in [0.29, 0.717) is 18.5 Å². The van der Waals surface area contributed by atoms with Gasteiger partial charge in [-0.15, -0.1) is 11.3 Å². The second-order valence-electron chi connectivity index (χ2n) is 7.34. The van der Waals surface area contributed by atoms with Crippen molar-refractivity contribution in [3.63, 3.8) is 0 Å². The van der Waals surface area contributed by atoms with Crippen molar-refractivity contribution in [1.29, 1.82) is 0 Å². The van der Waals surface area contributed by atoms with Crippen LogP contribution in [0.4, 0.5) is 5.13 Å². The van der Waals surface area contributed by atoms with Crippen molar-refractivity contribution in [2.24, 2.45) is 0 Å². The van der Waals surface area contributed by atoms with E-state index in [4.69, 9.17) is 5.21 Å². The molecule has 4 rings (SSSR count). The van der Waals surface area contributed by atoms with Crippen LogP contribution in [-0.4, -0.2) is 27.7 Å². The number of hydroxylamine groups is 1. The summed E-state index contributed by atoms with van der Waals surface area (Å²) in [6, 6.07) is 20.9. The molecule has 0 bridgehead atoms. The van der Waals surface area contributed by atoms with E-state index in [1.165, 1.54) is 11.3 Å². The van der Waals surface area contributed by atoms with Crippen molar-refractivity contribution in [2.75, 3.05) is 11.9 Å². The highest BCUT2D eigenvalue weighted by Gasteiger charge is 2.14. The maximum atomic E-state index is 11.6. The van der Waals surface area contributed by atoms with E-state index in [1.807, 2.05) is 53.9 Å². The lowest BCUT2D eigenvalue weighted by Gasteiger charge is -2.17. The number of anilines is 1. The highest BCUT2D eigenvalue weighted by molar-refractivity contribution is 7.13. The van der Waals surface area contributed by atoms with Gasteiger partial charge in [-0.2, -0.15) is 0 Å². The lowest BCUT2D eigenvalue weighted by molar-refractivity contribution is 0.0706. The van der Waals surface area contributed by atoms with Gasteiger partial charge in [0.2, 0.25) is 0 Å². The Morgan fingerprint density at radius 2 is 1.84 bits per heavy atom. The van der Waals surface area contributed by atoms with Gasteiger partial charge in [-0.1, -0.05) is 60.7 Å². The summed E-state index contributed by atoms with van der Waals surface area (Å²) in [5, 5.41) is 28.1. The van der Waals surface area contributed by atoms with E-state index < -0.39 is 12.0 Å². The smallest absolute Gasteiger partial charge is 0.274 e. The number of aliphatic hydroxyl groups is 1. The molecule has 4 aromatic rings. The van der Waals surface area contributed by atoms with Crippen molar-refractivity contribution < 1.29 is 15.1 Å². The average Bonchev–Trinajstić information content (AvgIpc) is 3.36. The monoisotopic (exact) mass is 445 g/mol. The number of amides is 1. The van der Waals surface area contributed by atoms with E-state index >= 15 is 0 Å². The first-order valence-corrected chi connectivity index (χ1v) is 11.0. The van der Waals surface area contributed by atoms with Crippen LogP contribution in [0.2, 0.25) is 0 Å². The molecular formula is C25H23N3O3S. The van der Waals surface area contributed by atoms with Gasteiger partial charge in [0, 0.05) is 30.1 Å². The molecule has 0 fully saturated rings. The molecule has 0 spiro atoms. The molecule has 6 nitrogen and oxygen atoms in total. The maximum Gasteiger partial charge on any atom is 0.274 e. The number of carbonyl (C=O) groups excluding carboxylic acids is 1. The molecule has 0 saturated heterocycles. The first kappa shape index (κ1) is 21.7. The molecule has 7 heteroatoms. The van der Waals surface area contributed by atoms with Crippen LogP contribution >= 0.6 is 11.3 Å². The van der Waals surface area contributed by atoms with Crippen LogP contribution in [0.15, 0.2) is 83.9 Å². The molecule has 0 aliphatic heterocycles. The highest BCUT2D eigenvalue weighted by Crippen LogP contribution is 2.29. The van der Waals surface area contributed by atoms with Crippen molar-refractivity contribution in [3.05, 3.63) is 101 Å². The Bertz CT molecular complexity index is 1220. The number of hydrogen-bond acceptors (Lipinski definition) is 6. The van der Waals surface area contributed by atoms with Crippen LogP contribution < -0.4 is 10.8 Å². The standard InChI is InChI=1S/C25H23N3O3S/c29-23(22-7-3-5-19-4-1-2-6-21(19)22)15-18(16-27-25-26-12-13-32-25)14-17-8-10-20(11-9-17)24(30)28-31/h1-14,23,29,31H,15-16H2,(H,26,27)(H,28,30). The molecular weight excluding hydrogens is 422 g/mol. The lowest BCUT2D eigenvalue weighted by Crippen LogP contribution is -2.18. The number of nitrogens with one attached hydrogen (secondary N) is 2. The molecule has 4 N–H and O–H groups in total. The largest absolute Gasteiger partial charge is 0.388 e. The number of carbonyl (C=O) groups is 1. The van der Waals surface area contributed by atoms with E-state index in [-0.39, 0.29) is 0 Å². The molecule has 1 amide bonds. The third-order valence-electron chi connectivity index (χ3n) is 5.18. The number of aromatic nitrogens is 1. The van der Waals surface area contributed by atoms with Crippen molar-refractivity contribution in [1.82, 2.24) is 10.5 Å². The van der Waals surface area contributed by atoms with Gasteiger partial charge in [0.1, 0.15) is 0 Å². The summed E-state index contributed by atoms with van der Waals surface area (Å²) in [4.78, 5) is 15.8. The minimum absolute atomic E-state index is 0.364. The van der Waals surface area contributed by atoms with Crippen LogP contribution in [-0.2, 0) is 0 Å². The number of hydrogen-bond donors (Lipinski definition) is 4. The lowest BCUT2D eigenvalue weighted by atomic mass is 9.95. The first-order chi connectivity index (χ1) is 15.6. The predicted octanol–water partition coefficient (Wildman–Crippen LogP) is 5.03. The molecule has 0 radical (unpaired) electrons. The number of fused-ring (bicyclic) bond motifs is 1. The molecule has 1 aromatic heterocycles. The third kappa shape index (κ3) is 5.20. The number of nitrogens with zero attached hydrogens (tertiary/aromatic N) is 1. The Hall–Kier alpha value is -3.52. The van der Waals surface area contributed by atoms with Crippen LogP contribution in [0.5, 0.6) is 0 Å². The Morgan fingerprint density at radius 3 is 2.59 bits per heavy atom. The number of aliphatic hydroxyl groups excluding tert-OH is 1. The summed E-state index contributed by atoms with van der Waals surface area (Å²) in [5.74, 6) is -0.558. The van der Waals surface area contributed by atoms with Gasteiger partial charge in [0.25, 0.3) is 5.91 Å². The normalized spacial score (nSPS) is 12.5. The first-order valence-electron chi connectivity index (χ1n) is 10.2. The van der Waals surface area contributed by atoms with E-state index in [9.17, 15) is 9.90 Å². The molecule has 0 saturated carbocycles. The van der Waals surface area contributed by atoms with Crippen molar-refractivity contribution in [2.45, 2.75) is 12.5 Å². The summed E-state index contributed by atoms with van der Waals surface area (Å²) >= 11 is 1.52. The zero-order valence-corrected chi connectivity index (χ0v) is 18.0. The second kappa shape index (κ2) is 10.2. The molecule has 0 aliphatic carbocycles.